The van der Waals surface area contributed by atoms with Gasteiger partial charge in [-0.25, -0.2) is 4.39 Å². The minimum atomic E-state index is -0.347. The van der Waals surface area contributed by atoms with E-state index < -0.39 is 0 Å². The second-order valence-electron chi connectivity index (χ2n) is 5.18. The number of hydrogen-bond acceptors (Lipinski definition) is 4. The number of carbonyl (C=O) groups excluding carboxylic acids is 1. The quantitative estimate of drug-likeness (QED) is 0.788. The van der Waals surface area contributed by atoms with Crippen LogP contribution in [0.25, 0.3) is 11.4 Å². The van der Waals surface area contributed by atoms with Gasteiger partial charge >= 0.3 is 0 Å². The Morgan fingerprint density at radius 3 is 2.71 bits per heavy atom. The zero-order valence-corrected chi connectivity index (χ0v) is 13.5. The first-order chi connectivity index (χ1) is 11.5. The van der Waals surface area contributed by atoms with E-state index in [4.69, 9.17) is 11.6 Å². The molecule has 0 aliphatic heterocycles. The first-order valence-corrected chi connectivity index (χ1v) is 7.49. The van der Waals surface area contributed by atoms with E-state index in [1.54, 1.807) is 24.3 Å². The minimum Gasteiger partial charge on any atom is -0.323 e. The molecule has 3 aromatic rings. The summed E-state index contributed by atoms with van der Waals surface area (Å²) in [5.41, 5.74) is 2.13. The third kappa shape index (κ3) is 3.75. The van der Waals surface area contributed by atoms with Crippen molar-refractivity contribution in [1.82, 2.24) is 20.2 Å². The van der Waals surface area contributed by atoms with Crippen molar-refractivity contribution in [2.45, 2.75) is 13.5 Å². The summed E-state index contributed by atoms with van der Waals surface area (Å²) in [6.07, 6.45) is 0. The molecule has 0 radical (unpaired) electrons. The highest BCUT2D eigenvalue weighted by Gasteiger charge is 2.11. The lowest BCUT2D eigenvalue weighted by atomic mass is 10.2. The van der Waals surface area contributed by atoms with Crippen LogP contribution in [0.3, 0.4) is 0 Å². The fourth-order valence-electron chi connectivity index (χ4n) is 2.06. The van der Waals surface area contributed by atoms with Gasteiger partial charge in [0.05, 0.1) is 10.7 Å². The second-order valence-corrected chi connectivity index (χ2v) is 5.59. The number of nitrogens with one attached hydrogen (secondary N) is 1. The molecule has 0 bridgehead atoms. The van der Waals surface area contributed by atoms with Gasteiger partial charge in [0.2, 0.25) is 11.7 Å². The van der Waals surface area contributed by atoms with Crippen LogP contribution in [0.15, 0.2) is 42.5 Å². The summed E-state index contributed by atoms with van der Waals surface area (Å²) in [4.78, 5) is 13.2. The number of anilines is 1. The SMILES string of the molecule is Cc1ccc(NC(=O)Cn2nnc(-c3ccc(F)cc3)n2)c(Cl)c1. The van der Waals surface area contributed by atoms with E-state index in [-0.39, 0.29) is 18.3 Å². The molecule has 3 rings (SSSR count). The van der Waals surface area contributed by atoms with Crippen LogP contribution in [-0.4, -0.2) is 26.1 Å². The number of carbonyl (C=O) groups is 1. The van der Waals surface area contributed by atoms with E-state index in [0.717, 1.165) is 10.4 Å². The van der Waals surface area contributed by atoms with Crippen molar-refractivity contribution in [2.24, 2.45) is 0 Å². The van der Waals surface area contributed by atoms with Gasteiger partial charge in [0.15, 0.2) is 0 Å². The van der Waals surface area contributed by atoms with Gasteiger partial charge in [0.25, 0.3) is 0 Å². The molecule has 0 aliphatic rings. The fourth-order valence-corrected chi connectivity index (χ4v) is 2.35. The number of tetrazole rings is 1. The van der Waals surface area contributed by atoms with Crippen molar-refractivity contribution in [2.75, 3.05) is 5.32 Å². The van der Waals surface area contributed by atoms with E-state index >= 15 is 0 Å². The van der Waals surface area contributed by atoms with Gasteiger partial charge in [-0.2, -0.15) is 4.80 Å². The molecule has 122 valence electrons. The van der Waals surface area contributed by atoms with Crippen molar-refractivity contribution in [3.8, 4) is 11.4 Å². The van der Waals surface area contributed by atoms with Gasteiger partial charge in [0, 0.05) is 5.56 Å². The Bertz CT molecular complexity index is 878. The lowest BCUT2D eigenvalue weighted by Crippen LogP contribution is -2.20. The molecule has 1 aromatic heterocycles. The number of rotatable bonds is 4. The van der Waals surface area contributed by atoms with Gasteiger partial charge in [0.1, 0.15) is 12.4 Å². The highest BCUT2D eigenvalue weighted by atomic mass is 35.5. The molecule has 0 aliphatic carbocycles. The molecule has 0 saturated heterocycles. The molecule has 0 spiro atoms. The van der Waals surface area contributed by atoms with Crippen LogP contribution in [0.1, 0.15) is 5.56 Å². The van der Waals surface area contributed by atoms with E-state index in [1.807, 2.05) is 13.0 Å². The smallest absolute Gasteiger partial charge is 0.248 e. The van der Waals surface area contributed by atoms with Crippen LogP contribution >= 0.6 is 11.6 Å². The van der Waals surface area contributed by atoms with Crippen molar-refractivity contribution < 1.29 is 9.18 Å². The predicted octanol–water partition coefficient (Wildman–Crippen LogP) is 3.08. The normalized spacial score (nSPS) is 10.6. The molecule has 24 heavy (non-hydrogen) atoms. The highest BCUT2D eigenvalue weighted by molar-refractivity contribution is 6.33. The van der Waals surface area contributed by atoms with Crippen LogP contribution in [-0.2, 0) is 11.3 Å². The zero-order chi connectivity index (χ0) is 17.1. The molecule has 1 heterocycles. The monoisotopic (exact) mass is 345 g/mol. The van der Waals surface area contributed by atoms with Gasteiger partial charge in [-0.3, -0.25) is 4.79 Å². The number of aromatic nitrogens is 4. The standard InChI is InChI=1S/C16H13ClFN5O/c1-10-2-7-14(13(17)8-10)19-15(24)9-23-21-16(20-22-23)11-3-5-12(18)6-4-11/h2-8H,9H2,1H3,(H,19,24). The van der Waals surface area contributed by atoms with Crippen LogP contribution in [0.2, 0.25) is 5.02 Å². The summed E-state index contributed by atoms with van der Waals surface area (Å²) < 4.78 is 12.9. The molecule has 6 nitrogen and oxygen atoms in total. The van der Waals surface area contributed by atoms with Crippen LogP contribution < -0.4 is 5.32 Å². The van der Waals surface area contributed by atoms with Gasteiger partial charge in [-0.1, -0.05) is 17.7 Å². The average Bonchev–Trinajstić information content (AvgIpc) is 2.99. The first kappa shape index (κ1) is 16.1. The molecule has 0 saturated carbocycles. The Hall–Kier alpha value is -2.80. The number of aryl methyl sites for hydroxylation is 1. The maximum absolute atomic E-state index is 12.9. The summed E-state index contributed by atoms with van der Waals surface area (Å²) in [5.74, 6) is -0.361. The molecule has 1 N–H and O–H groups in total. The van der Waals surface area contributed by atoms with Crippen LogP contribution in [0.4, 0.5) is 10.1 Å². The summed E-state index contributed by atoms with van der Waals surface area (Å²) >= 11 is 6.08. The van der Waals surface area contributed by atoms with Crippen molar-refractivity contribution in [1.29, 1.82) is 0 Å². The predicted molar refractivity (Wildman–Crippen MR) is 88.0 cm³/mol. The molecular formula is C16H13ClFN5O. The molecule has 0 fully saturated rings. The third-order valence-corrected chi connectivity index (χ3v) is 3.55. The zero-order valence-electron chi connectivity index (χ0n) is 12.7. The maximum Gasteiger partial charge on any atom is 0.248 e. The third-order valence-electron chi connectivity index (χ3n) is 3.24. The molecule has 0 unspecified atom stereocenters. The molecular weight excluding hydrogens is 333 g/mol. The van der Waals surface area contributed by atoms with E-state index in [1.165, 1.54) is 12.1 Å². The Kier molecular flexibility index (Phi) is 4.52. The van der Waals surface area contributed by atoms with Gasteiger partial charge in [-0.15, -0.1) is 10.2 Å². The van der Waals surface area contributed by atoms with Crippen molar-refractivity contribution in [3.05, 3.63) is 58.9 Å². The topological polar surface area (TPSA) is 72.7 Å². The van der Waals surface area contributed by atoms with Gasteiger partial charge < -0.3 is 5.32 Å². The lowest BCUT2D eigenvalue weighted by molar-refractivity contribution is -0.117. The Balaban J connectivity index is 1.68. The molecule has 8 heteroatoms. The van der Waals surface area contributed by atoms with Crippen LogP contribution in [0.5, 0.6) is 0 Å². The fraction of sp³-hybridized carbons (Fsp3) is 0.125. The van der Waals surface area contributed by atoms with Crippen molar-refractivity contribution >= 4 is 23.2 Å². The van der Waals surface area contributed by atoms with Crippen molar-refractivity contribution in [3.63, 3.8) is 0 Å². The van der Waals surface area contributed by atoms with E-state index in [2.05, 4.69) is 20.7 Å². The van der Waals surface area contributed by atoms with Crippen LogP contribution in [0, 0.1) is 12.7 Å². The summed E-state index contributed by atoms with van der Waals surface area (Å²) in [5, 5.41) is 14.9. The Labute approximate surface area is 142 Å². The first-order valence-electron chi connectivity index (χ1n) is 7.11. The molecule has 2 aromatic carbocycles. The maximum atomic E-state index is 12.9. The lowest BCUT2D eigenvalue weighted by Gasteiger charge is -2.07. The number of nitrogens with zero attached hydrogens (tertiary/aromatic N) is 4. The summed E-state index contributed by atoms with van der Waals surface area (Å²) in [6.45, 7) is 1.80. The largest absolute Gasteiger partial charge is 0.323 e. The Morgan fingerprint density at radius 2 is 2.00 bits per heavy atom. The number of hydrogen-bond donors (Lipinski definition) is 1. The number of halogens is 2. The summed E-state index contributed by atoms with van der Waals surface area (Å²) in [6, 6.07) is 11.0. The minimum absolute atomic E-state index is 0.113. The molecule has 0 atom stereocenters. The average molecular weight is 346 g/mol. The summed E-state index contributed by atoms with van der Waals surface area (Å²) in [7, 11) is 0. The van der Waals surface area contributed by atoms with E-state index in [0.29, 0.717) is 22.1 Å². The van der Waals surface area contributed by atoms with E-state index in [9.17, 15) is 9.18 Å². The number of amides is 1. The van der Waals surface area contributed by atoms with Gasteiger partial charge in [-0.05, 0) is 54.1 Å². The highest BCUT2D eigenvalue weighted by Crippen LogP contribution is 2.22. The second kappa shape index (κ2) is 6.76. The Morgan fingerprint density at radius 1 is 1.25 bits per heavy atom. The number of benzene rings is 2. The molecule has 1 amide bonds.